The number of nitrogens with zero attached hydrogens (tertiary/aromatic N) is 2. The van der Waals surface area contributed by atoms with Crippen molar-refractivity contribution in [2.45, 2.75) is 86.3 Å². The molecule has 1 aromatic rings. The number of aliphatic carboxylic acids is 1. The molecule has 0 bridgehead atoms. The number of amides is 1. The Bertz CT molecular complexity index is 1240. The van der Waals surface area contributed by atoms with Crippen LogP contribution in [0.2, 0.25) is 0 Å². The molecule has 12 heteroatoms. The van der Waals surface area contributed by atoms with E-state index in [1.54, 1.807) is 0 Å². The van der Waals surface area contributed by atoms with Crippen molar-refractivity contribution in [1.82, 2.24) is 15.1 Å². The molecule has 1 aromatic carbocycles. The minimum Gasteiger partial charge on any atom is -0.511 e. The smallest absolute Gasteiger partial charge is 0.339 e. The van der Waals surface area contributed by atoms with Gasteiger partial charge in [-0.25, -0.2) is 4.79 Å². The number of allylic oxidation sites excluding steroid dienone is 1. The molecule has 1 saturated heterocycles. The van der Waals surface area contributed by atoms with Gasteiger partial charge in [0.1, 0.15) is 17.9 Å². The summed E-state index contributed by atoms with van der Waals surface area (Å²) in [5.74, 6) is -1.38. The Balaban J connectivity index is 1.15. The first-order chi connectivity index (χ1) is 24.8. The highest BCUT2D eigenvalue weighted by Gasteiger charge is 2.30. The molecule has 3 N–H and O–H groups in total. The molecule has 12 nitrogen and oxygen atoms in total. The fraction of sp³-hybridized carbons (Fsp3) is 0.750. The van der Waals surface area contributed by atoms with E-state index >= 15 is 0 Å². The number of carboxylic acid groups (broad SMARTS) is 1. The van der Waals surface area contributed by atoms with E-state index in [9.17, 15) is 19.8 Å². The average molecular weight is 734 g/mol. The molecule has 1 heterocycles. The van der Waals surface area contributed by atoms with Crippen LogP contribution in [0.15, 0.2) is 17.9 Å². The van der Waals surface area contributed by atoms with E-state index in [4.69, 9.17) is 23.7 Å². The van der Waals surface area contributed by atoms with Gasteiger partial charge < -0.3 is 39.2 Å². The predicted octanol–water partition coefficient (Wildman–Crippen LogP) is 4.78. The zero-order valence-corrected chi connectivity index (χ0v) is 33.0. The SMILES string of the molecule is Cc1cc(C)c(/C(C(=O)O)=C(\O)C2CCC(OCCOCCN3CCN(CCOCCOCCOCC(=O)NC(C)C(C)(C)C)CC3)CC2)c(C)c1. The van der Waals surface area contributed by atoms with E-state index in [0.29, 0.717) is 71.3 Å². The number of carboxylic acids is 1. The lowest BCUT2D eigenvalue weighted by Gasteiger charge is -2.34. The minimum atomic E-state index is -1.08. The third-order valence-corrected chi connectivity index (χ3v) is 10.3. The molecule has 296 valence electrons. The quantitative estimate of drug-likeness (QED) is 0.0863. The molecule has 1 amide bonds. The molecule has 1 saturated carbocycles. The average Bonchev–Trinajstić information content (AvgIpc) is 3.08. The van der Waals surface area contributed by atoms with Crippen molar-refractivity contribution in [3.05, 3.63) is 40.1 Å². The Kier molecular flexibility index (Phi) is 19.0. The summed E-state index contributed by atoms with van der Waals surface area (Å²) in [5.41, 5.74) is 3.48. The Hall–Kier alpha value is -2.58. The minimum absolute atomic E-state index is 0.0101. The lowest BCUT2D eigenvalue weighted by molar-refractivity contribution is -0.130. The van der Waals surface area contributed by atoms with E-state index in [1.807, 2.05) is 39.8 Å². The van der Waals surface area contributed by atoms with Gasteiger partial charge >= 0.3 is 5.97 Å². The van der Waals surface area contributed by atoms with Crippen molar-refractivity contribution in [3.63, 3.8) is 0 Å². The van der Waals surface area contributed by atoms with Crippen LogP contribution in [0.3, 0.4) is 0 Å². The number of aliphatic hydroxyl groups excluding tert-OH is 1. The Morgan fingerprint density at radius 3 is 1.75 bits per heavy atom. The van der Waals surface area contributed by atoms with Gasteiger partial charge in [-0.2, -0.15) is 0 Å². The van der Waals surface area contributed by atoms with E-state index in [2.05, 4.69) is 35.9 Å². The fourth-order valence-electron chi connectivity index (χ4n) is 6.73. The number of piperazine rings is 1. The third-order valence-electron chi connectivity index (χ3n) is 10.3. The maximum Gasteiger partial charge on any atom is 0.339 e. The maximum absolute atomic E-state index is 12.2. The van der Waals surface area contributed by atoms with Gasteiger partial charge in [0.2, 0.25) is 5.91 Å². The fourth-order valence-corrected chi connectivity index (χ4v) is 6.73. The van der Waals surface area contributed by atoms with Crippen molar-refractivity contribution in [2.24, 2.45) is 11.3 Å². The molecule has 2 fully saturated rings. The summed E-state index contributed by atoms with van der Waals surface area (Å²) in [6.07, 6.45) is 3.06. The van der Waals surface area contributed by atoms with Crippen molar-refractivity contribution in [1.29, 1.82) is 0 Å². The van der Waals surface area contributed by atoms with Gasteiger partial charge in [-0.05, 0) is 75.5 Å². The molecule has 1 atom stereocenters. The van der Waals surface area contributed by atoms with Crippen LogP contribution in [-0.4, -0.2) is 143 Å². The summed E-state index contributed by atoms with van der Waals surface area (Å²) in [6.45, 7) is 24.2. The highest BCUT2D eigenvalue weighted by atomic mass is 16.5. The van der Waals surface area contributed by atoms with Crippen LogP contribution in [0.5, 0.6) is 0 Å². The Morgan fingerprint density at radius 1 is 0.769 bits per heavy atom. The summed E-state index contributed by atoms with van der Waals surface area (Å²) in [6, 6.07) is 4.00. The molecule has 1 aliphatic carbocycles. The van der Waals surface area contributed by atoms with Gasteiger partial charge in [-0.1, -0.05) is 38.5 Å². The van der Waals surface area contributed by atoms with Crippen molar-refractivity contribution >= 4 is 17.4 Å². The van der Waals surface area contributed by atoms with Crippen LogP contribution in [0.4, 0.5) is 0 Å². The Morgan fingerprint density at radius 2 is 1.25 bits per heavy atom. The summed E-state index contributed by atoms with van der Waals surface area (Å²) in [5, 5.41) is 24.1. The second kappa shape index (κ2) is 22.6. The van der Waals surface area contributed by atoms with Gasteiger partial charge in [0, 0.05) is 51.2 Å². The number of aryl methyl sites for hydroxylation is 3. The van der Waals surface area contributed by atoms with Crippen LogP contribution in [0, 0.1) is 32.1 Å². The van der Waals surface area contributed by atoms with Crippen LogP contribution < -0.4 is 5.32 Å². The Labute approximate surface area is 312 Å². The number of nitrogens with one attached hydrogen (secondary N) is 1. The topological polar surface area (TPSA) is 139 Å². The van der Waals surface area contributed by atoms with Gasteiger partial charge in [0.15, 0.2) is 0 Å². The lowest BCUT2D eigenvalue weighted by Crippen LogP contribution is -2.48. The first-order valence-corrected chi connectivity index (χ1v) is 19.2. The number of carbonyl (C=O) groups excluding carboxylic acids is 1. The van der Waals surface area contributed by atoms with Gasteiger partial charge in [0.05, 0.1) is 59.0 Å². The van der Waals surface area contributed by atoms with Crippen LogP contribution in [0.25, 0.3) is 5.57 Å². The molecular formula is C40H67N3O9. The van der Waals surface area contributed by atoms with Crippen molar-refractivity contribution < 1.29 is 43.5 Å². The van der Waals surface area contributed by atoms with Crippen molar-refractivity contribution in [2.75, 3.05) is 98.7 Å². The van der Waals surface area contributed by atoms with Crippen molar-refractivity contribution in [3.8, 4) is 0 Å². The molecule has 1 unspecified atom stereocenters. The number of benzene rings is 1. The molecule has 52 heavy (non-hydrogen) atoms. The van der Waals surface area contributed by atoms with Crippen LogP contribution >= 0.6 is 0 Å². The van der Waals surface area contributed by atoms with Gasteiger partial charge in [-0.3, -0.25) is 14.6 Å². The molecule has 0 aromatic heterocycles. The molecule has 2 aliphatic rings. The number of hydrogen-bond acceptors (Lipinski definition) is 10. The number of aliphatic hydroxyl groups is 1. The summed E-state index contributed by atoms with van der Waals surface area (Å²) < 4.78 is 28.6. The molecule has 3 rings (SSSR count). The first-order valence-electron chi connectivity index (χ1n) is 19.2. The van der Waals surface area contributed by atoms with Gasteiger partial charge in [0.25, 0.3) is 0 Å². The number of ether oxygens (including phenoxy) is 5. The van der Waals surface area contributed by atoms with Gasteiger partial charge in [-0.15, -0.1) is 0 Å². The largest absolute Gasteiger partial charge is 0.511 e. The van der Waals surface area contributed by atoms with E-state index in [1.165, 1.54) is 0 Å². The molecule has 0 spiro atoms. The third kappa shape index (κ3) is 15.4. The van der Waals surface area contributed by atoms with E-state index in [0.717, 1.165) is 68.8 Å². The summed E-state index contributed by atoms with van der Waals surface area (Å²) in [4.78, 5) is 29.0. The second-order valence-corrected chi connectivity index (χ2v) is 15.4. The predicted molar refractivity (Wildman–Crippen MR) is 203 cm³/mol. The second-order valence-electron chi connectivity index (χ2n) is 15.4. The van der Waals surface area contributed by atoms with Crippen LogP contribution in [0.1, 0.15) is 75.6 Å². The molecule has 0 radical (unpaired) electrons. The highest BCUT2D eigenvalue weighted by Crippen LogP contribution is 2.36. The highest BCUT2D eigenvalue weighted by molar-refractivity contribution is 6.17. The van der Waals surface area contributed by atoms with Crippen LogP contribution in [-0.2, 0) is 33.3 Å². The lowest BCUT2D eigenvalue weighted by atomic mass is 9.82. The molecule has 1 aliphatic heterocycles. The molecular weight excluding hydrogens is 666 g/mol. The van der Waals surface area contributed by atoms with E-state index < -0.39 is 5.97 Å². The standard InChI is InChI=1S/C40H67N3O9/c1-29-26-30(2)36(31(3)27-29)37(39(46)47)38(45)33-8-10-34(11-9-33)52-25-24-49-19-17-43-14-12-42(13-15-43)16-18-48-20-21-50-22-23-51-28-35(44)41-32(4)40(5,6)7/h26-27,32-34,45H,8-25,28H2,1-7H3,(H,41,44)(H,46,47)/b38-37+. The normalized spacial score (nSPS) is 20.1. The number of hydrogen-bond donors (Lipinski definition) is 3. The number of rotatable bonds is 22. The first kappa shape index (κ1) is 43.8. The summed E-state index contributed by atoms with van der Waals surface area (Å²) in [7, 11) is 0. The monoisotopic (exact) mass is 733 g/mol. The summed E-state index contributed by atoms with van der Waals surface area (Å²) >= 11 is 0. The maximum atomic E-state index is 12.2. The van der Waals surface area contributed by atoms with E-state index in [-0.39, 0.29) is 47.3 Å². The zero-order valence-electron chi connectivity index (χ0n) is 33.0. The zero-order chi connectivity index (χ0) is 38.1. The number of carbonyl (C=O) groups is 2.